The molecule has 0 spiro atoms. The molecule has 4 aromatic rings. The minimum Gasteiger partial charge on any atom is -0.497 e. The Kier molecular flexibility index (Phi) is 8.96. The number of nitrogens with one attached hydrogen (secondary N) is 1. The Balaban J connectivity index is 1.44. The molecule has 0 unspecified atom stereocenters. The summed E-state index contributed by atoms with van der Waals surface area (Å²) >= 11 is 7.34. The normalized spacial score (nSPS) is 11.2. The van der Waals surface area contributed by atoms with Gasteiger partial charge in [-0.15, -0.1) is 10.2 Å². The number of para-hydroxylation sites is 1. The molecular weight excluding hydrogens is 510 g/mol. The predicted octanol–water partition coefficient (Wildman–Crippen LogP) is 5.51. The van der Waals surface area contributed by atoms with Gasteiger partial charge in [0, 0.05) is 28.1 Å². The third-order valence-electron chi connectivity index (χ3n) is 5.16. The number of benzene rings is 3. The van der Waals surface area contributed by atoms with Gasteiger partial charge in [0.2, 0.25) is 0 Å². The Labute approximate surface area is 224 Å². The van der Waals surface area contributed by atoms with Gasteiger partial charge in [0.05, 0.1) is 20.0 Å². The molecule has 4 rings (SSSR count). The average molecular weight is 534 g/mol. The molecule has 0 aliphatic heterocycles. The maximum absolute atomic E-state index is 12.4. The predicted molar refractivity (Wildman–Crippen MR) is 148 cm³/mol. The largest absolute Gasteiger partial charge is 0.497 e. The van der Waals surface area contributed by atoms with E-state index in [0.29, 0.717) is 16.0 Å². The van der Waals surface area contributed by atoms with E-state index in [1.165, 1.54) is 18.0 Å². The molecule has 0 saturated heterocycles. The first kappa shape index (κ1) is 26.0. The summed E-state index contributed by atoms with van der Waals surface area (Å²) in [6.45, 7) is 0. The highest BCUT2D eigenvalue weighted by molar-refractivity contribution is 7.99. The van der Waals surface area contributed by atoms with Gasteiger partial charge in [0.15, 0.2) is 11.0 Å². The molecule has 1 aromatic heterocycles. The average Bonchev–Trinajstić information content (AvgIpc) is 3.36. The van der Waals surface area contributed by atoms with Crippen molar-refractivity contribution >= 4 is 41.6 Å². The molecule has 10 heteroatoms. The van der Waals surface area contributed by atoms with Crippen LogP contribution in [0.5, 0.6) is 11.5 Å². The van der Waals surface area contributed by atoms with Crippen LogP contribution in [0.1, 0.15) is 5.56 Å². The fourth-order valence-corrected chi connectivity index (χ4v) is 4.25. The Morgan fingerprint density at radius 3 is 2.51 bits per heavy atom. The van der Waals surface area contributed by atoms with Gasteiger partial charge in [0.1, 0.15) is 11.5 Å². The molecule has 0 radical (unpaired) electrons. The van der Waals surface area contributed by atoms with Crippen molar-refractivity contribution in [2.45, 2.75) is 5.16 Å². The van der Waals surface area contributed by atoms with Gasteiger partial charge in [-0.25, -0.2) is 5.43 Å². The van der Waals surface area contributed by atoms with Crippen molar-refractivity contribution in [1.82, 2.24) is 20.2 Å². The van der Waals surface area contributed by atoms with E-state index in [4.69, 9.17) is 21.1 Å². The smallest absolute Gasteiger partial charge is 0.250 e. The van der Waals surface area contributed by atoms with E-state index in [0.717, 1.165) is 28.3 Å². The number of hydrogen-bond donors (Lipinski definition) is 1. The monoisotopic (exact) mass is 533 g/mol. The zero-order valence-electron chi connectivity index (χ0n) is 20.2. The van der Waals surface area contributed by atoms with Gasteiger partial charge in [-0.05, 0) is 66.7 Å². The van der Waals surface area contributed by atoms with Crippen LogP contribution in [0.25, 0.3) is 23.2 Å². The number of methoxy groups -OCH3 is 2. The molecule has 0 bridgehead atoms. The van der Waals surface area contributed by atoms with Gasteiger partial charge in [-0.3, -0.25) is 9.36 Å². The number of allylic oxidation sites excluding steroid dienone is 1. The van der Waals surface area contributed by atoms with Gasteiger partial charge in [0.25, 0.3) is 5.91 Å². The summed E-state index contributed by atoms with van der Waals surface area (Å²) in [5.74, 6) is 1.95. The molecule has 188 valence electrons. The molecule has 0 aliphatic rings. The molecule has 1 heterocycles. The summed E-state index contributed by atoms with van der Waals surface area (Å²) in [6.07, 6.45) is 5.08. The maximum atomic E-state index is 12.4. The number of aromatic nitrogens is 3. The molecule has 37 heavy (non-hydrogen) atoms. The fraction of sp³-hybridized carbons (Fsp3) is 0.111. The summed E-state index contributed by atoms with van der Waals surface area (Å²) in [7, 11) is 3.23. The summed E-state index contributed by atoms with van der Waals surface area (Å²) in [5, 5.41) is 13.9. The molecule has 3 aromatic carbocycles. The highest BCUT2D eigenvalue weighted by Crippen LogP contribution is 2.29. The number of nitrogens with zero attached hydrogens (tertiary/aromatic N) is 4. The molecule has 0 saturated carbocycles. The topological polar surface area (TPSA) is 90.6 Å². The fourth-order valence-electron chi connectivity index (χ4n) is 3.38. The molecule has 8 nitrogen and oxygen atoms in total. The molecule has 0 fully saturated rings. The first-order chi connectivity index (χ1) is 18.1. The molecule has 0 atom stereocenters. The number of amides is 1. The number of hydrogen-bond acceptors (Lipinski definition) is 7. The van der Waals surface area contributed by atoms with Gasteiger partial charge in [-0.1, -0.05) is 41.6 Å². The van der Waals surface area contributed by atoms with Gasteiger partial charge < -0.3 is 9.47 Å². The van der Waals surface area contributed by atoms with Crippen LogP contribution in [0.3, 0.4) is 0 Å². The van der Waals surface area contributed by atoms with Crippen molar-refractivity contribution in [3.8, 4) is 28.6 Å². The van der Waals surface area contributed by atoms with E-state index >= 15 is 0 Å². The zero-order chi connectivity index (χ0) is 26.0. The van der Waals surface area contributed by atoms with Crippen molar-refractivity contribution in [1.29, 1.82) is 0 Å². The quantitative estimate of drug-likeness (QED) is 0.164. The second-order valence-corrected chi connectivity index (χ2v) is 8.93. The van der Waals surface area contributed by atoms with Crippen LogP contribution < -0.4 is 14.9 Å². The van der Waals surface area contributed by atoms with Crippen LogP contribution in [0.15, 0.2) is 89.1 Å². The second-order valence-electron chi connectivity index (χ2n) is 7.55. The maximum Gasteiger partial charge on any atom is 0.250 e. The lowest BCUT2D eigenvalue weighted by Crippen LogP contribution is -2.19. The van der Waals surface area contributed by atoms with Crippen molar-refractivity contribution in [2.24, 2.45) is 5.10 Å². The van der Waals surface area contributed by atoms with Crippen molar-refractivity contribution in [2.75, 3.05) is 20.0 Å². The van der Waals surface area contributed by atoms with Gasteiger partial charge in [-0.2, -0.15) is 5.10 Å². The Bertz CT molecular complexity index is 1400. The van der Waals surface area contributed by atoms with Crippen LogP contribution >= 0.6 is 23.4 Å². The first-order valence-corrected chi connectivity index (χ1v) is 12.6. The number of halogens is 1. The number of carbonyl (C=O) groups excluding carboxylic acids is 1. The lowest BCUT2D eigenvalue weighted by molar-refractivity contribution is -0.118. The number of ether oxygens (including phenoxy) is 2. The molecular formula is C27H24ClN5O3S. The Hall–Kier alpha value is -4.08. The Morgan fingerprint density at radius 1 is 1.03 bits per heavy atom. The lowest BCUT2D eigenvalue weighted by Gasteiger charge is -2.11. The highest BCUT2D eigenvalue weighted by Gasteiger charge is 2.17. The van der Waals surface area contributed by atoms with Crippen molar-refractivity contribution < 1.29 is 14.3 Å². The highest BCUT2D eigenvalue weighted by atomic mass is 35.5. The number of rotatable bonds is 10. The van der Waals surface area contributed by atoms with Crippen LogP contribution in [-0.2, 0) is 4.79 Å². The van der Waals surface area contributed by atoms with Crippen LogP contribution in [0, 0.1) is 0 Å². The second kappa shape index (κ2) is 12.8. The third kappa shape index (κ3) is 6.78. The van der Waals surface area contributed by atoms with Crippen LogP contribution in [0.4, 0.5) is 0 Å². The zero-order valence-corrected chi connectivity index (χ0v) is 21.7. The summed E-state index contributed by atoms with van der Waals surface area (Å²) in [6, 6.07) is 22.5. The molecule has 1 amide bonds. The van der Waals surface area contributed by atoms with E-state index in [1.807, 2.05) is 71.3 Å². The van der Waals surface area contributed by atoms with E-state index in [1.54, 1.807) is 32.4 Å². The number of hydrazone groups is 1. The van der Waals surface area contributed by atoms with Crippen molar-refractivity contribution in [3.63, 3.8) is 0 Å². The number of carbonyl (C=O) groups is 1. The third-order valence-corrected chi connectivity index (χ3v) is 6.34. The van der Waals surface area contributed by atoms with E-state index in [2.05, 4.69) is 20.7 Å². The lowest BCUT2D eigenvalue weighted by atomic mass is 10.2. The van der Waals surface area contributed by atoms with E-state index in [-0.39, 0.29) is 11.7 Å². The van der Waals surface area contributed by atoms with Crippen LogP contribution in [-0.4, -0.2) is 46.9 Å². The van der Waals surface area contributed by atoms with E-state index < -0.39 is 0 Å². The summed E-state index contributed by atoms with van der Waals surface area (Å²) in [4.78, 5) is 12.4. The SMILES string of the molecule is COc1ccc(-c2nnc(SCC(=O)N/N=C\C=C\c3ccccc3OC)n2-c2ccc(Cl)cc2)cc1. The van der Waals surface area contributed by atoms with Gasteiger partial charge >= 0.3 is 0 Å². The minimum atomic E-state index is -0.274. The van der Waals surface area contributed by atoms with Crippen LogP contribution in [0.2, 0.25) is 5.02 Å². The standard InChI is InChI=1S/C27H24ClN5O3S/c1-35-23-15-9-20(10-16-23)26-31-32-27(33(26)22-13-11-21(28)12-14-22)37-18-25(34)30-29-17-5-7-19-6-3-4-8-24(19)36-2/h3-17H,18H2,1-2H3,(H,30,34)/b7-5+,29-17-. The number of thioether (sulfide) groups is 1. The van der Waals surface area contributed by atoms with Crippen molar-refractivity contribution in [3.05, 3.63) is 89.5 Å². The summed E-state index contributed by atoms with van der Waals surface area (Å²) in [5.41, 5.74) is 5.11. The summed E-state index contributed by atoms with van der Waals surface area (Å²) < 4.78 is 12.4. The first-order valence-electron chi connectivity index (χ1n) is 11.2. The minimum absolute atomic E-state index is 0.0991. The molecule has 1 N–H and O–H groups in total. The molecule has 0 aliphatic carbocycles. The Morgan fingerprint density at radius 2 is 1.78 bits per heavy atom. The van der Waals surface area contributed by atoms with E-state index in [9.17, 15) is 4.79 Å².